The van der Waals surface area contributed by atoms with Crippen LogP contribution < -0.4 is 15.0 Å². The summed E-state index contributed by atoms with van der Waals surface area (Å²) in [6.45, 7) is 8.29. The molecule has 176 valence electrons. The molecule has 1 aliphatic heterocycles. The number of aryl methyl sites for hydroxylation is 1. The number of hydrogen-bond donors (Lipinski definition) is 1. The molecule has 1 aromatic carbocycles. The summed E-state index contributed by atoms with van der Waals surface area (Å²) in [5.41, 5.74) is 4.91. The van der Waals surface area contributed by atoms with Crippen molar-refractivity contribution in [3.63, 3.8) is 0 Å². The van der Waals surface area contributed by atoms with Gasteiger partial charge in [0.1, 0.15) is 5.75 Å². The van der Waals surface area contributed by atoms with Gasteiger partial charge in [-0.1, -0.05) is 0 Å². The van der Waals surface area contributed by atoms with Crippen molar-refractivity contribution in [1.29, 1.82) is 0 Å². The first-order chi connectivity index (χ1) is 15.9. The largest absolute Gasteiger partial charge is 0.495 e. The SMILES string of the molecule is COc1cc(Nc2ncc(C)c(-c3cnn(C(C)C)c3)n2)ccc1N1CCC(N(C)C)CC1. The van der Waals surface area contributed by atoms with Crippen molar-refractivity contribution in [2.45, 2.75) is 45.7 Å². The Labute approximate surface area is 196 Å². The van der Waals surface area contributed by atoms with E-state index in [1.165, 1.54) is 0 Å². The number of hydrogen-bond acceptors (Lipinski definition) is 7. The minimum atomic E-state index is 0.304. The highest BCUT2D eigenvalue weighted by Gasteiger charge is 2.23. The molecule has 0 radical (unpaired) electrons. The standard InChI is InChI=1S/C25H35N7O/c1-17(2)32-16-19(15-27-32)24-18(3)14-26-25(29-24)28-20-7-8-22(23(13-20)33-6)31-11-9-21(10-12-31)30(4)5/h7-8,13-17,21H,9-12H2,1-6H3,(H,26,28,29). The second kappa shape index (κ2) is 9.79. The van der Waals surface area contributed by atoms with Gasteiger partial charge in [-0.25, -0.2) is 9.97 Å². The van der Waals surface area contributed by atoms with E-state index in [-0.39, 0.29) is 0 Å². The third-order valence-corrected chi connectivity index (χ3v) is 6.35. The van der Waals surface area contributed by atoms with Gasteiger partial charge in [-0.2, -0.15) is 5.10 Å². The van der Waals surface area contributed by atoms with Crippen LogP contribution in [-0.2, 0) is 0 Å². The van der Waals surface area contributed by atoms with E-state index in [2.05, 4.69) is 65.3 Å². The minimum absolute atomic E-state index is 0.304. The van der Waals surface area contributed by atoms with E-state index < -0.39 is 0 Å². The molecule has 0 saturated carbocycles. The second-order valence-electron chi connectivity index (χ2n) is 9.22. The molecule has 1 aliphatic rings. The van der Waals surface area contributed by atoms with Gasteiger partial charge in [-0.3, -0.25) is 4.68 Å². The third-order valence-electron chi connectivity index (χ3n) is 6.35. The molecule has 1 N–H and O–H groups in total. The van der Waals surface area contributed by atoms with Crippen LogP contribution >= 0.6 is 0 Å². The molecule has 3 aromatic rings. The van der Waals surface area contributed by atoms with Crippen LogP contribution in [0.15, 0.2) is 36.8 Å². The van der Waals surface area contributed by atoms with Crippen molar-refractivity contribution >= 4 is 17.3 Å². The van der Waals surface area contributed by atoms with Crippen molar-refractivity contribution in [2.75, 3.05) is 44.5 Å². The van der Waals surface area contributed by atoms with Crippen LogP contribution in [0.1, 0.15) is 38.3 Å². The molecule has 1 fully saturated rings. The Morgan fingerprint density at radius 3 is 2.55 bits per heavy atom. The average molecular weight is 450 g/mol. The lowest BCUT2D eigenvalue weighted by Gasteiger charge is -2.37. The molecule has 4 rings (SSSR count). The zero-order chi connectivity index (χ0) is 23.5. The molecule has 8 heteroatoms. The van der Waals surface area contributed by atoms with Gasteiger partial charge in [0, 0.05) is 54.9 Å². The van der Waals surface area contributed by atoms with Gasteiger partial charge >= 0.3 is 0 Å². The quantitative estimate of drug-likeness (QED) is 0.569. The first-order valence-corrected chi connectivity index (χ1v) is 11.6. The third kappa shape index (κ3) is 5.11. The van der Waals surface area contributed by atoms with Crippen LogP contribution in [0, 0.1) is 6.92 Å². The minimum Gasteiger partial charge on any atom is -0.495 e. The van der Waals surface area contributed by atoms with Crippen molar-refractivity contribution in [3.8, 4) is 17.0 Å². The molecule has 0 aliphatic carbocycles. The Kier molecular flexibility index (Phi) is 6.83. The Hall–Kier alpha value is -3.13. The predicted octanol–water partition coefficient (Wildman–Crippen LogP) is 4.51. The first kappa shape index (κ1) is 23.0. The molecular weight excluding hydrogens is 414 g/mol. The maximum absolute atomic E-state index is 5.74. The van der Waals surface area contributed by atoms with Gasteiger partial charge in [0.15, 0.2) is 0 Å². The summed E-state index contributed by atoms with van der Waals surface area (Å²) >= 11 is 0. The number of methoxy groups -OCH3 is 1. The van der Waals surface area contributed by atoms with E-state index in [9.17, 15) is 0 Å². The number of nitrogens with one attached hydrogen (secondary N) is 1. The normalized spacial score (nSPS) is 14.8. The van der Waals surface area contributed by atoms with Crippen molar-refractivity contribution < 1.29 is 4.74 Å². The van der Waals surface area contributed by atoms with Gasteiger partial charge in [0.05, 0.1) is 24.7 Å². The molecule has 1 saturated heterocycles. The van der Waals surface area contributed by atoms with Crippen molar-refractivity contribution in [2.24, 2.45) is 0 Å². The van der Waals surface area contributed by atoms with E-state index in [0.717, 1.165) is 59.9 Å². The summed E-state index contributed by atoms with van der Waals surface area (Å²) in [7, 11) is 6.05. The van der Waals surface area contributed by atoms with E-state index >= 15 is 0 Å². The summed E-state index contributed by atoms with van der Waals surface area (Å²) in [6.07, 6.45) is 8.04. The highest BCUT2D eigenvalue weighted by molar-refractivity contribution is 5.69. The van der Waals surface area contributed by atoms with Crippen molar-refractivity contribution in [1.82, 2.24) is 24.6 Å². The molecule has 0 unspecified atom stereocenters. The number of anilines is 3. The fraction of sp³-hybridized carbons (Fsp3) is 0.480. The maximum Gasteiger partial charge on any atom is 0.227 e. The van der Waals surface area contributed by atoms with Crippen LogP contribution in [0.4, 0.5) is 17.3 Å². The Balaban J connectivity index is 1.52. The average Bonchev–Trinajstić information content (AvgIpc) is 3.31. The summed E-state index contributed by atoms with van der Waals surface area (Å²) in [6, 6.07) is 7.16. The highest BCUT2D eigenvalue weighted by atomic mass is 16.5. The number of rotatable bonds is 7. The monoisotopic (exact) mass is 449 g/mol. The maximum atomic E-state index is 5.74. The van der Waals surface area contributed by atoms with Gasteiger partial charge in [0.2, 0.25) is 5.95 Å². The molecule has 0 atom stereocenters. The molecule has 0 spiro atoms. The molecule has 0 amide bonds. The molecule has 33 heavy (non-hydrogen) atoms. The lowest BCUT2D eigenvalue weighted by atomic mass is 10.0. The van der Waals surface area contributed by atoms with Gasteiger partial charge in [-0.15, -0.1) is 0 Å². The summed E-state index contributed by atoms with van der Waals surface area (Å²) in [5.74, 6) is 1.41. The van der Waals surface area contributed by atoms with E-state index in [1.54, 1.807) is 7.11 Å². The molecule has 8 nitrogen and oxygen atoms in total. The summed E-state index contributed by atoms with van der Waals surface area (Å²) in [4.78, 5) is 14.0. The zero-order valence-corrected chi connectivity index (χ0v) is 20.5. The number of piperidine rings is 1. The zero-order valence-electron chi connectivity index (χ0n) is 20.5. The molecule has 3 heterocycles. The highest BCUT2D eigenvalue weighted by Crippen LogP contribution is 2.34. The van der Waals surface area contributed by atoms with E-state index in [0.29, 0.717) is 18.0 Å². The van der Waals surface area contributed by atoms with E-state index in [4.69, 9.17) is 9.72 Å². The second-order valence-corrected chi connectivity index (χ2v) is 9.22. The van der Waals surface area contributed by atoms with Crippen molar-refractivity contribution in [3.05, 3.63) is 42.4 Å². The van der Waals surface area contributed by atoms with E-state index in [1.807, 2.05) is 36.3 Å². The van der Waals surface area contributed by atoms with Crippen LogP contribution in [0.5, 0.6) is 5.75 Å². The fourth-order valence-electron chi connectivity index (χ4n) is 4.31. The Morgan fingerprint density at radius 1 is 1.15 bits per heavy atom. The van der Waals surface area contributed by atoms with Gasteiger partial charge in [-0.05, 0) is 65.4 Å². The number of nitrogens with zero attached hydrogens (tertiary/aromatic N) is 6. The smallest absolute Gasteiger partial charge is 0.227 e. The predicted molar refractivity (Wildman–Crippen MR) is 134 cm³/mol. The molecule has 2 aromatic heterocycles. The topological polar surface area (TPSA) is 71.3 Å². The Bertz CT molecular complexity index is 1080. The molecule has 0 bridgehead atoms. The van der Waals surface area contributed by atoms with Gasteiger partial charge < -0.3 is 19.9 Å². The lowest BCUT2D eigenvalue weighted by Crippen LogP contribution is -2.42. The Morgan fingerprint density at radius 2 is 1.91 bits per heavy atom. The first-order valence-electron chi connectivity index (χ1n) is 11.6. The number of aromatic nitrogens is 4. The number of benzene rings is 1. The van der Waals surface area contributed by atoms with Crippen LogP contribution in [0.3, 0.4) is 0 Å². The summed E-state index contributed by atoms with van der Waals surface area (Å²) < 4.78 is 7.68. The van der Waals surface area contributed by atoms with Crippen LogP contribution in [0.25, 0.3) is 11.3 Å². The van der Waals surface area contributed by atoms with Crippen LogP contribution in [0.2, 0.25) is 0 Å². The lowest BCUT2D eigenvalue weighted by molar-refractivity contribution is 0.249. The van der Waals surface area contributed by atoms with Crippen LogP contribution in [-0.4, -0.2) is 65.0 Å². The number of ether oxygens (including phenoxy) is 1. The fourth-order valence-corrected chi connectivity index (χ4v) is 4.31. The van der Waals surface area contributed by atoms with Gasteiger partial charge in [0.25, 0.3) is 0 Å². The summed E-state index contributed by atoms with van der Waals surface area (Å²) in [5, 5.41) is 7.79. The molecular formula is C25H35N7O.